The Morgan fingerprint density at radius 1 is 1.36 bits per heavy atom. The Labute approximate surface area is 145 Å². The first-order valence-electron chi connectivity index (χ1n) is 8.51. The summed E-state index contributed by atoms with van der Waals surface area (Å²) in [4.78, 5) is 16.8. The molecule has 0 saturated carbocycles. The number of pyridine rings is 1. The maximum absolute atomic E-state index is 12.5. The van der Waals surface area contributed by atoms with Crippen molar-refractivity contribution in [2.75, 3.05) is 13.1 Å². The second kappa shape index (κ2) is 6.60. The molecule has 0 spiro atoms. The van der Waals surface area contributed by atoms with Crippen molar-refractivity contribution in [1.29, 1.82) is 0 Å². The molecule has 1 unspecified atom stereocenters. The zero-order valence-corrected chi connectivity index (χ0v) is 14.1. The maximum atomic E-state index is 12.5. The van der Waals surface area contributed by atoms with Gasteiger partial charge in [-0.15, -0.1) is 5.10 Å². The molecule has 128 valence electrons. The zero-order valence-electron chi connectivity index (χ0n) is 14.1. The van der Waals surface area contributed by atoms with E-state index in [1.807, 2.05) is 37.3 Å². The van der Waals surface area contributed by atoms with E-state index < -0.39 is 0 Å². The minimum Gasteiger partial charge on any atom is -0.347 e. The average Bonchev–Trinajstić information content (AvgIpc) is 3.04. The van der Waals surface area contributed by atoms with Gasteiger partial charge in [-0.3, -0.25) is 9.78 Å². The molecule has 2 N–H and O–H groups in total. The van der Waals surface area contributed by atoms with E-state index >= 15 is 0 Å². The third kappa shape index (κ3) is 3.10. The van der Waals surface area contributed by atoms with Crippen LogP contribution in [-0.4, -0.2) is 45.0 Å². The van der Waals surface area contributed by atoms with Crippen LogP contribution in [0.5, 0.6) is 0 Å². The molecule has 1 aliphatic rings. The molecule has 1 amide bonds. The average molecular weight is 336 g/mol. The number of carbonyl (C=O) groups excluding carboxylic acids is 1. The van der Waals surface area contributed by atoms with Gasteiger partial charge < -0.3 is 10.6 Å². The van der Waals surface area contributed by atoms with Crippen LogP contribution in [0, 0.1) is 6.92 Å². The fourth-order valence-electron chi connectivity index (χ4n) is 3.21. The Kier molecular flexibility index (Phi) is 4.15. The van der Waals surface area contributed by atoms with E-state index in [9.17, 15) is 4.79 Å². The zero-order chi connectivity index (χ0) is 17.2. The first kappa shape index (κ1) is 15.7. The van der Waals surface area contributed by atoms with Crippen molar-refractivity contribution in [2.45, 2.75) is 25.8 Å². The van der Waals surface area contributed by atoms with Crippen LogP contribution >= 0.6 is 0 Å². The summed E-state index contributed by atoms with van der Waals surface area (Å²) in [5, 5.41) is 15.6. The minimum atomic E-state index is -0.167. The molecule has 1 aliphatic heterocycles. The van der Waals surface area contributed by atoms with Gasteiger partial charge in [0.1, 0.15) is 0 Å². The van der Waals surface area contributed by atoms with E-state index in [0.717, 1.165) is 48.2 Å². The second-order valence-corrected chi connectivity index (χ2v) is 6.33. The lowest BCUT2D eigenvalue weighted by Crippen LogP contribution is -2.45. The van der Waals surface area contributed by atoms with Crippen LogP contribution in [0.4, 0.5) is 0 Å². The number of hydrogen-bond acceptors (Lipinski definition) is 5. The predicted molar refractivity (Wildman–Crippen MR) is 94.8 cm³/mol. The highest BCUT2D eigenvalue weighted by molar-refractivity contribution is 5.93. The second-order valence-electron chi connectivity index (χ2n) is 6.33. The van der Waals surface area contributed by atoms with Crippen molar-refractivity contribution < 1.29 is 4.79 Å². The Bertz CT molecular complexity index is 913. The Morgan fingerprint density at radius 2 is 2.28 bits per heavy atom. The van der Waals surface area contributed by atoms with Crippen molar-refractivity contribution in [3.05, 3.63) is 47.9 Å². The number of benzene rings is 1. The number of nitrogens with one attached hydrogen (secondary N) is 2. The molecule has 0 radical (unpaired) electrons. The van der Waals surface area contributed by atoms with Gasteiger partial charge >= 0.3 is 0 Å². The summed E-state index contributed by atoms with van der Waals surface area (Å²) in [6.07, 6.45) is 3.83. The van der Waals surface area contributed by atoms with E-state index in [2.05, 4.69) is 25.9 Å². The molecule has 0 bridgehead atoms. The van der Waals surface area contributed by atoms with Crippen molar-refractivity contribution in [3.63, 3.8) is 0 Å². The van der Waals surface area contributed by atoms with Gasteiger partial charge in [0, 0.05) is 24.2 Å². The highest BCUT2D eigenvalue weighted by atomic mass is 16.2. The van der Waals surface area contributed by atoms with Crippen LogP contribution in [0.3, 0.4) is 0 Å². The van der Waals surface area contributed by atoms with Crippen molar-refractivity contribution in [1.82, 2.24) is 30.6 Å². The molecule has 4 rings (SSSR count). The van der Waals surface area contributed by atoms with Crippen LogP contribution in [0.2, 0.25) is 0 Å². The molecule has 7 nitrogen and oxygen atoms in total. The molecular formula is C18H20N6O. The Balaban J connectivity index is 1.60. The van der Waals surface area contributed by atoms with E-state index in [-0.39, 0.29) is 11.9 Å². The number of fused-ring (bicyclic) bond motifs is 1. The summed E-state index contributed by atoms with van der Waals surface area (Å²) in [7, 11) is 0. The van der Waals surface area contributed by atoms with E-state index in [0.29, 0.717) is 5.69 Å². The number of piperidine rings is 1. The molecule has 3 heterocycles. The Hall–Kier alpha value is -2.80. The third-order valence-electron chi connectivity index (χ3n) is 4.57. The summed E-state index contributed by atoms with van der Waals surface area (Å²) in [5.74, 6) is -0.167. The molecule has 25 heavy (non-hydrogen) atoms. The summed E-state index contributed by atoms with van der Waals surface area (Å²) in [5.41, 5.74) is 2.89. The van der Waals surface area contributed by atoms with Gasteiger partial charge in [0.15, 0.2) is 5.69 Å². The predicted octanol–water partition coefficient (Wildman–Crippen LogP) is 1.61. The lowest BCUT2D eigenvalue weighted by Gasteiger charge is -2.23. The fraction of sp³-hybridized carbons (Fsp3) is 0.333. The van der Waals surface area contributed by atoms with E-state index in [1.165, 1.54) is 0 Å². The third-order valence-corrected chi connectivity index (χ3v) is 4.57. The summed E-state index contributed by atoms with van der Waals surface area (Å²) >= 11 is 0. The fourth-order valence-corrected chi connectivity index (χ4v) is 3.21. The van der Waals surface area contributed by atoms with Crippen LogP contribution in [0.15, 0.2) is 36.5 Å². The number of hydrogen-bond donors (Lipinski definition) is 2. The number of aromatic nitrogens is 4. The van der Waals surface area contributed by atoms with Crippen LogP contribution < -0.4 is 10.6 Å². The molecule has 1 aromatic carbocycles. The number of carbonyl (C=O) groups is 1. The van der Waals surface area contributed by atoms with Gasteiger partial charge in [-0.25, -0.2) is 4.68 Å². The van der Waals surface area contributed by atoms with Crippen molar-refractivity contribution in [2.24, 2.45) is 0 Å². The SMILES string of the molecule is Cc1c(C(=O)NC2CCCNC2)nnn1-c1ccc2ncccc2c1. The van der Waals surface area contributed by atoms with Crippen LogP contribution in [0.1, 0.15) is 29.0 Å². The summed E-state index contributed by atoms with van der Waals surface area (Å²) in [6.45, 7) is 3.68. The molecule has 7 heteroatoms. The van der Waals surface area contributed by atoms with E-state index in [1.54, 1.807) is 10.9 Å². The number of rotatable bonds is 3. The largest absolute Gasteiger partial charge is 0.347 e. The van der Waals surface area contributed by atoms with Gasteiger partial charge in [0.25, 0.3) is 5.91 Å². The van der Waals surface area contributed by atoms with Crippen molar-refractivity contribution in [3.8, 4) is 5.69 Å². The van der Waals surface area contributed by atoms with Crippen LogP contribution in [-0.2, 0) is 0 Å². The summed E-state index contributed by atoms with van der Waals surface area (Å²) in [6, 6.07) is 9.93. The highest BCUT2D eigenvalue weighted by Gasteiger charge is 2.21. The van der Waals surface area contributed by atoms with Gasteiger partial charge in [0.2, 0.25) is 0 Å². The monoisotopic (exact) mass is 336 g/mol. The van der Waals surface area contributed by atoms with Gasteiger partial charge in [-0.2, -0.15) is 0 Å². The van der Waals surface area contributed by atoms with E-state index in [4.69, 9.17) is 0 Å². The smallest absolute Gasteiger partial charge is 0.274 e. The number of nitrogens with zero attached hydrogens (tertiary/aromatic N) is 4. The first-order chi connectivity index (χ1) is 12.2. The molecular weight excluding hydrogens is 316 g/mol. The van der Waals surface area contributed by atoms with Gasteiger partial charge in [-0.1, -0.05) is 11.3 Å². The normalized spacial score (nSPS) is 17.6. The quantitative estimate of drug-likeness (QED) is 0.759. The molecule has 3 aromatic rings. The van der Waals surface area contributed by atoms with Gasteiger partial charge in [0.05, 0.1) is 16.9 Å². The topological polar surface area (TPSA) is 84.7 Å². The maximum Gasteiger partial charge on any atom is 0.274 e. The van der Waals surface area contributed by atoms with Crippen molar-refractivity contribution >= 4 is 16.8 Å². The summed E-state index contributed by atoms with van der Waals surface area (Å²) < 4.78 is 1.69. The lowest BCUT2D eigenvalue weighted by atomic mass is 10.1. The standard InChI is InChI=1S/C18H20N6O/c1-12-17(18(25)21-14-5-3-8-19-11-14)22-23-24(12)15-6-7-16-13(10-15)4-2-9-20-16/h2,4,6-7,9-10,14,19H,3,5,8,11H2,1H3,(H,21,25). The van der Waals surface area contributed by atoms with Gasteiger partial charge in [-0.05, 0) is 50.6 Å². The molecule has 1 fully saturated rings. The molecule has 1 saturated heterocycles. The lowest BCUT2D eigenvalue weighted by molar-refractivity contribution is 0.0925. The highest BCUT2D eigenvalue weighted by Crippen LogP contribution is 2.18. The van der Waals surface area contributed by atoms with Crippen LogP contribution in [0.25, 0.3) is 16.6 Å². The first-order valence-corrected chi connectivity index (χ1v) is 8.51. The molecule has 0 aliphatic carbocycles. The Morgan fingerprint density at radius 3 is 3.12 bits per heavy atom. The number of amides is 1. The molecule has 2 aromatic heterocycles. The minimum absolute atomic E-state index is 0.151. The molecule has 1 atom stereocenters.